The van der Waals surface area contributed by atoms with Crippen LogP contribution >= 0.6 is 11.3 Å². The highest BCUT2D eigenvalue weighted by Gasteiger charge is 2.25. The SMILES string of the molecule is CCCCC1CCC(C(=O)NCc2ccccc2-c2ccsc2)CC1. The van der Waals surface area contributed by atoms with Crippen LogP contribution in [0, 0.1) is 11.8 Å². The summed E-state index contributed by atoms with van der Waals surface area (Å²) < 4.78 is 0. The first kappa shape index (κ1) is 18.2. The van der Waals surface area contributed by atoms with Gasteiger partial charge in [-0.3, -0.25) is 4.79 Å². The minimum atomic E-state index is 0.214. The fourth-order valence-electron chi connectivity index (χ4n) is 3.91. The normalized spacial score (nSPS) is 20.4. The Balaban J connectivity index is 1.52. The molecule has 1 N–H and O–H groups in total. The van der Waals surface area contributed by atoms with Crippen LogP contribution in [0.3, 0.4) is 0 Å². The predicted molar refractivity (Wildman–Crippen MR) is 107 cm³/mol. The van der Waals surface area contributed by atoms with E-state index in [9.17, 15) is 4.79 Å². The summed E-state index contributed by atoms with van der Waals surface area (Å²) in [6.45, 7) is 2.88. The van der Waals surface area contributed by atoms with E-state index < -0.39 is 0 Å². The van der Waals surface area contributed by atoms with Gasteiger partial charge in [-0.15, -0.1) is 0 Å². The Kier molecular flexibility index (Phi) is 6.69. The van der Waals surface area contributed by atoms with Crippen LogP contribution in [-0.2, 0) is 11.3 Å². The lowest BCUT2D eigenvalue weighted by Gasteiger charge is -2.27. The van der Waals surface area contributed by atoms with E-state index in [-0.39, 0.29) is 11.8 Å². The molecule has 0 bridgehead atoms. The monoisotopic (exact) mass is 355 g/mol. The number of carbonyl (C=O) groups excluding carboxylic acids is 1. The number of hydrogen-bond donors (Lipinski definition) is 1. The molecule has 1 heterocycles. The molecule has 3 rings (SSSR count). The largest absolute Gasteiger partial charge is 0.352 e. The summed E-state index contributed by atoms with van der Waals surface area (Å²) in [6.07, 6.45) is 8.54. The minimum absolute atomic E-state index is 0.214. The number of benzene rings is 1. The van der Waals surface area contributed by atoms with Gasteiger partial charge in [0.25, 0.3) is 0 Å². The molecule has 3 heteroatoms. The minimum Gasteiger partial charge on any atom is -0.352 e. The molecule has 1 aromatic heterocycles. The smallest absolute Gasteiger partial charge is 0.223 e. The second kappa shape index (κ2) is 9.19. The third-order valence-corrected chi connectivity index (χ3v) is 6.17. The Morgan fingerprint density at radius 2 is 1.96 bits per heavy atom. The maximum Gasteiger partial charge on any atom is 0.223 e. The van der Waals surface area contributed by atoms with Crippen LogP contribution in [0.2, 0.25) is 0 Å². The molecule has 1 saturated carbocycles. The lowest BCUT2D eigenvalue weighted by Crippen LogP contribution is -2.33. The Bertz CT molecular complexity index is 656. The first-order chi connectivity index (χ1) is 12.3. The summed E-state index contributed by atoms with van der Waals surface area (Å²) in [7, 11) is 0. The van der Waals surface area contributed by atoms with E-state index in [0.29, 0.717) is 6.54 Å². The maximum absolute atomic E-state index is 12.6. The van der Waals surface area contributed by atoms with Crippen molar-refractivity contribution in [2.45, 2.75) is 58.4 Å². The second-order valence-electron chi connectivity index (χ2n) is 7.25. The van der Waals surface area contributed by atoms with Crippen molar-refractivity contribution < 1.29 is 4.79 Å². The summed E-state index contributed by atoms with van der Waals surface area (Å²) in [5.74, 6) is 1.31. The number of carbonyl (C=O) groups is 1. The molecule has 0 atom stereocenters. The van der Waals surface area contributed by atoms with Crippen LogP contribution < -0.4 is 5.32 Å². The van der Waals surface area contributed by atoms with Crippen molar-refractivity contribution in [1.82, 2.24) is 5.32 Å². The van der Waals surface area contributed by atoms with Crippen molar-refractivity contribution in [2.24, 2.45) is 11.8 Å². The molecule has 1 fully saturated rings. The van der Waals surface area contributed by atoms with Gasteiger partial charge in [0.2, 0.25) is 5.91 Å². The highest BCUT2D eigenvalue weighted by Crippen LogP contribution is 2.32. The standard InChI is InChI=1S/C22H29NOS/c1-2-3-6-17-9-11-18(12-10-17)22(24)23-15-19-7-4-5-8-21(19)20-13-14-25-16-20/h4-5,7-8,13-14,16-18H,2-3,6,9-12,15H2,1H3,(H,23,24). The number of hydrogen-bond acceptors (Lipinski definition) is 2. The van der Waals surface area contributed by atoms with Gasteiger partial charge in [-0.2, -0.15) is 11.3 Å². The van der Waals surface area contributed by atoms with Gasteiger partial charge in [-0.25, -0.2) is 0 Å². The lowest BCUT2D eigenvalue weighted by atomic mass is 9.79. The Morgan fingerprint density at radius 3 is 2.68 bits per heavy atom. The van der Waals surface area contributed by atoms with Crippen molar-refractivity contribution >= 4 is 17.2 Å². The van der Waals surface area contributed by atoms with E-state index in [1.807, 2.05) is 0 Å². The molecule has 1 aliphatic rings. The fourth-order valence-corrected chi connectivity index (χ4v) is 4.56. The van der Waals surface area contributed by atoms with E-state index in [2.05, 4.69) is 53.3 Å². The highest BCUT2D eigenvalue weighted by atomic mass is 32.1. The second-order valence-corrected chi connectivity index (χ2v) is 8.03. The third-order valence-electron chi connectivity index (χ3n) is 5.49. The van der Waals surface area contributed by atoms with Gasteiger partial charge in [0.05, 0.1) is 0 Å². The van der Waals surface area contributed by atoms with Gasteiger partial charge >= 0.3 is 0 Å². The Morgan fingerprint density at radius 1 is 1.16 bits per heavy atom. The number of rotatable bonds is 7. The van der Waals surface area contributed by atoms with E-state index >= 15 is 0 Å². The maximum atomic E-state index is 12.6. The molecule has 0 saturated heterocycles. The van der Waals surface area contributed by atoms with Crippen molar-refractivity contribution in [1.29, 1.82) is 0 Å². The highest BCUT2D eigenvalue weighted by molar-refractivity contribution is 7.08. The van der Waals surface area contributed by atoms with E-state index in [1.54, 1.807) is 11.3 Å². The zero-order valence-electron chi connectivity index (χ0n) is 15.2. The molecule has 2 aromatic rings. The van der Waals surface area contributed by atoms with Crippen molar-refractivity contribution in [3.63, 3.8) is 0 Å². The number of amides is 1. The number of thiophene rings is 1. The molecule has 0 radical (unpaired) electrons. The van der Waals surface area contributed by atoms with Crippen LogP contribution in [-0.4, -0.2) is 5.91 Å². The molecule has 25 heavy (non-hydrogen) atoms. The average molecular weight is 356 g/mol. The summed E-state index contributed by atoms with van der Waals surface area (Å²) in [4.78, 5) is 12.6. The first-order valence-corrected chi connectivity index (χ1v) is 10.6. The van der Waals surface area contributed by atoms with Gasteiger partial charge in [0.15, 0.2) is 0 Å². The predicted octanol–water partition coefficient (Wildman–Crippen LogP) is 6.03. The van der Waals surface area contributed by atoms with Gasteiger partial charge in [0, 0.05) is 12.5 Å². The number of unbranched alkanes of at least 4 members (excludes halogenated alkanes) is 1. The van der Waals surface area contributed by atoms with E-state index in [1.165, 1.54) is 48.8 Å². The summed E-state index contributed by atoms with van der Waals surface area (Å²) in [6, 6.07) is 10.5. The zero-order chi connectivity index (χ0) is 17.5. The lowest BCUT2D eigenvalue weighted by molar-refractivity contribution is -0.126. The van der Waals surface area contributed by atoms with Crippen molar-refractivity contribution in [3.05, 3.63) is 46.7 Å². The van der Waals surface area contributed by atoms with Crippen LogP contribution in [0.25, 0.3) is 11.1 Å². The van der Waals surface area contributed by atoms with Crippen molar-refractivity contribution in [2.75, 3.05) is 0 Å². The van der Waals surface area contributed by atoms with Gasteiger partial charge < -0.3 is 5.32 Å². The number of nitrogens with one attached hydrogen (secondary N) is 1. The van der Waals surface area contributed by atoms with Crippen molar-refractivity contribution in [3.8, 4) is 11.1 Å². The molecule has 1 aliphatic carbocycles. The average Bonchev–Trinajstić information content (AvgIpc) is 3.19. The van der Waals surface area contributed by atoms with Crippen LogP contribution in [0.15, 0.2) is 41.1 Å². The molecule has 1 amide bonds. The molecule has 2 nitrogen and oxygen atoms in total. The quantitative estimate of drug-likeness (QED) is 0.645. The summed E-state index contributed by atoms with van der Waals surface area (Å²) in [5.41, 5.74) is 3.67. The van der Waals surface area contributed by atoms with E-state index in [0.717, 1.165) is 18.8 Å². The fraction of sp³-hybridized carbons (Fsp3) is 0.500. The molecular weight excluding hydrogens is 326 g/mol. The van der Waals surface area contributed by atoms with Gasteiger partial charge in [0.1, 0.15) is 0 Å². The first-order valence-electron chi connectivity index (χ1n) is 9.66. The Hall–Kier alpha value is -1.61. The van der Waals surface area contributed by atoms with Crippen LogP contribution in [0.5, 0.6) is 0 Å². The molecular formula is C22H29NOS. The van der Waals surface area contributed by atoms with Crippen LogP contribution in [0.1, 0.15) is 57.4 Å². The molecule has 134 valence electrons. The van der Waals surface area contributed by atoms with Crippen LogP contribution in [0.4, 0.5) is 0 Å². The summed E-state index contributed by atoms with van der Waals surface area (Å²) in [5, 5.41) is 7.46. The molecule has 0 unspecified atom stereocenters. The molecule has 0 spiro atoms. The summed E-state index contributed by atoms with van der Waals surface area (Å²) >= 11 is 1.71. The van der Waals surface area contributed by atoms with Gasteiger partial charge in [-0.05, 0) is 65.1 Å². The molecule has 1 aromatic carbocycles. The zero-order valence-corrected chi connectivity index (χ0v) is 16.0. The Labute approximate surface area is 155 Å². The third kappa shape index (κ3) is 4.94. The van der Waals surface area contributed by atoms with E-state index in [4.69, 9.17) is 0 Å². The topological polar surface area (TPSA) is 29.1 Å². The molecule has 0 aliphatic heterocycles. The van der Waals surface area contributed by atoms with Gasteiger partial charge in [-0.1, -0.05) is 50.5 Å².